The second-order valence-electron chi connectivity index (χ2n) is 7.50. The second kappa shape index (κ2) is 14.1. The lowest BCUT2D eigenvalue weighted by atomic mass is 10.3. The number of aryl methyl sites for hydroxylation is 1. The van der Waals surface area contributed by atoms with E-state index >= 15 is 0 Å². The van der Waals surface area contributed by atoms with Crippen LogP contribution in [0.3, 0.4) is 0 Å². The van der Waals surface area contributed by atoms with E-state index in [-0.39, 0.29) is 24.0 Å². The van der Waals surface area contributed by atoms with E-state index in [0.717, 1.165) is 103 Å². The summed E-state index contributed by atoms with van der Waals surface area (Å²) in [6, 6.07) is 0. The topological polar surface area (TPSA) is 92.1 Å². The molecule has 0 aromatic carbocycles. The van der Waals surface area contributed by atoms with E-state index in [2.05, 4.69) is 30.6 Å². The fourth-order valence-electron chi connectivity index (χ4n) is 3.40. The number of aromatic nitrogens is 3. The van der Waals surface area contributed by atoms with Crippen LogP contribution in [0.15, 0.2) is 4.99 Å². The van der Waals surface area contributed by atoms with Gasteiger partial charge in [-0.1, -0.05) is 0 Å². The van der Waals surface area contributed by atoms with Crippen molar-refractivity contribution in [1.82, 2.24) is 35.2 Å². The van der Waals surface area contributed by atoms with Gasteiger partial charge in [0.15, 0.2) is 11.8 Å². The molecule has 0 bridgehead atoms. The first kappa shape index (κ1) is 25.2. The maximum Gasteiger partial charge on any atom is 0.191 e. The standard InChI is InChI=1S/C19H36N8O2.HI/c1-17-23-24-18(25(17)2)16-22-19(21-5-7-27-10-14-29-15-11-27)20-4-3-6-26-8-12-28-13-9-26;/h3-16H2,1-2H3,(H2,20,21,22);1H. The lowest BCUT2D eigenvalue weighted by Gasteiger charge is -2.27. The molecule has 0 aliphatic carbocycles. The van der Waals surface area contributed by atoms with Crippen LogP contribution in [0.5, 0.6) is 0 Å². The molecule has 3 rings (SSSR count). The second-order valence-corrected chi connectivity index (χ2v) is 7.50. The molecule has 172 valence electrons. The number of ether oxygens (including phenoxy) is 2. The van der Waals surface area contributed by atoms with Gasteiger partial charge < -0.3 is 24.7 Å². The van der Waals surface area contributed by atoms with Gasteiger partial charge in [-0.3, -0.25) is 9.80 Å². The SMILES string of the molecule is Cc1nnc(CN=C(NCCCN2CCOCC2)NCCN2CCOCC2)n1C.I. The summed E-state index contributed by atoms with van der Waals surface area (Å²) >= 11 is 0. The molecule has 0 spiro atoms. The van der Waals surface area contributed by atoms with Gasteiger partial charge in [-0.05, 0) is 19.9 Å². The Morgan fingerprint density at radius 2 is 1.53 bits per heavy atom. The molecule has 10 nitrogen and oxygen atoms in total. The van der Waals surface area contributed by atoms with Crippen molar-refractivity contribution in [2.45, 2.75) is 19.9 Å². The highest BCUT2D eigenvalue weighted by Gasteiger charge is 2.11. The van der Waals surface area contributed by atoms with E-state index < -0.39 is 0 Å². The summed E-state index contributed by atoms with van der Waals surface area (Å²) in [5, 5.41) is 15.3. The molecule has 0 amide bonds. The highest BCUT2D eigenvalue weighted by atomic mass is 127. The lowest BCUT2D eigenvalue weighted by molar-refractivity contribution is 0.0375. The van der Waals surface area contributed by atoms with E-state index in [1.165, 1.54) is 0 Å². The summed E-state index contributed by atoms with van der Waals surface area (Å²) in [6.07, 6.45) is 1.08. The molecule has 2 fully saturated rings. The number of hydrogen-bond acceptors (Lipinski definition) is 7. The van der Waals surface area contributed by atoms with E-state index in [9.17, 15) is 0 Å². The molecule has 2 saturated heterocycles. The van der Waals surface area contributed by atoms with E-state index in [0.29, 0.717) is 6.54 Å². The summed E-state index contributed by atoms with van der Waals surface area (Å²) in [5.41, 5.74) is 0. The smallest absolute Gasteiger partial charge is 0.191 e. The van der Waals surface area contributed by atoms with Crippen molar-refractivity contribution in [1.29, 1.82) is 0 Å². The third-order valence-electron chi connectivity index (χ3n) is 5.43. The Morgan fingerprint density at radius 3 is 2.13 bits per heavy atom. The van der Waals surface area contributed by atoms with Crippen LogP contribution in [0, 0.1) is 6.92 Å². The van der Waals surface area contributed by atoms with Crippen LogP contribution >= 0.6 is 24.0 Å². The summed E-state index contributed by atoms with van der Waals surface area (Å²) in [7, 11) is 1.97. The van der Waals surface area contributed by atoms with Gasteiger partial charge in [-0.15, -0.1) is 34.2 Å². The molecular weight excluding hydrogens is 499 g/mol. The highest BCUT2D eigenvalue weighted by Crippen LogP contribution is 2.00. The minimum absolute atomic E-state index is 0. The fourth-order valence-corrected chi connectivity index (χ4v) is 3.40. The van der Waals surface area contributed by atoms with E-state index in [1.54, 1.807) is 0 Å². The minimum Gasteiger partial charge on any atom is -0.379 e. The molecule has 0 radical (unpaired) electrons. The van der Waals surface area contributed by atoms with Crippen LogP contribution in [-0.4, -0.2) is 109 Å². The Hall–Kier alpha value is -1.02. The van der Waals surface area contributed by atoms with Gasteiger partial charge in [0.1, 0.15) is 12.4 Å². The molecular formula is C19H37IN8O2. The predicted molar refractivity (Wildman–Crippen MR) is 127 cm³/mol. The number of guanidine groups is 1. The van der Waals surface area contributed by atoms with Gasteiger partial charge in [0, 0.05) is 52.9 Å². The van der Waals surface area contributed by atoms with Gasteiger partial charge in [-0.25, -0.2) is 4.99 Å². The average molecular weight is 536 g/mol. The zero-order chi connectivity index (χ0) is 20.3. The van der Waals surface area contributed by atoms with Gasteiger partial charge in [-0.2, -0.15) is 0 Å². The van der Waals surface area contributed by atoms with Crippen LogP contribution in [0.1, 0.15) is 18.1 Å². The van der Waals surface area contributed by atoms with Gasteiger partial charge in [0.2, 0.25) is 0 Å². The Labute approximate surface area is 196 Å². The van der Waals surface area contributed by atoms with Crippen molar-refractivity contribution in [2.24, 2.45) is 12.0 Å². The zero-order valence-electron chi connectivity index (χ0n) is 18.3. The van der Waals surface area contributed by atoms with E-state index in [4.69, 9.17) is 14.5 Å². The molecule has 2 N–H and O–H groups in total. The highest BCUT2D eigenvalue weighted by molar-refractivity contribution is 14.0. The normalized spacial score (nSPS) is 18.8. The molecule has 2 aliphatic rings. The van der Waals surface area contributed by atoms with E-state index in [1.807, 2.05) is 18.5 Å². The van der Waals surface area contributed by atoms with Crippen molar-refractivity contribution in [3.05, 3.63) is 11.6 Å². The van der Waals surface area contributed by atoms with Crippen LogP contribution < -0.4 is 10.6 Å². The first-order chi connectivity index (χ1) is 14.2. The molecule has 1 aromatic heterocycles. The molecule has 0 atom stereocenters. The predicted octanol–water partition coefficient (Wildman–Crippen LogP) is -0.169. The quantitative estimate of drug-likeness (QED) is 0.195. The molecule has 30 heavy (non-hydrogen) atoms. The molecule has 0 saturated carbocycles. The van der Waals surface area contributed by atoms with Gasteiger partial charge >= 0.3 is 0 Å². The number of morpholine rings is 2. The Balaban J connectivity index is 0.00000320. The summed E-state index contributed by atoms with van der Waals surface area (Å²) in [5.74, 6) is 2.60. The third kappa shape index (κ3) is 8.61. The van der Waals surface area contributed by atoms with Crippen LogP contribution in [0.25, 0.3) is 0 Å². The Bertz CT molecular complexity index is 630. The van der Waals surface area contributed by atoms with Gasteiger partial charge in [0.25, 0.3) is 0 Å². The molecule has 0 unspecified atom stereocenters. The number of aliphatic imine (C=N–C) groups is 1. The number of nitrogens with one attached hydrogen (secondary N) is 2. The third-order valence-corrected chi connectivity index (χ3v) is 5.43. The number of halogens is 1. The van der Waals surface area contributed by atoms with Crippen LogP contribution in [-0.2, 0) is 23.1 Å². The first-order valence-electron chi connectivity index (χ1n) is 10.7. The first-order valence-corrected chi connectivity index (χ1v) is 10.7. The van der Waals surface area contributed by atoms with Crippen molar-refractivity contribution < 1.29 is 9.47 Å². The van der Waals surface area contributed by atoms with Gasteiger partial charge in [0.05, 0.1) is 26.4 Å². The summed E-state index contributed by atoms with van der Waals surface area (Å²) < 4.78 is 12.8. The van der Waals surface area contributed by atoms with Crippen molar-refractivity contribution in [2.75, 3.05) is 78.8 Å². The summed E-state index contributed by atoms with van der Waals surface area (Å²) in [6.45, 7) is 13.7. The van der Waals surface area contributed by atoms with Crippen LogP contribution in [0.4, 0.5) is 0 Å². The van der Waals surface area contributed by atoms with Crippen LogP contribution in [0.2, 0.25) is 0 Å². The summed E-state index contributed by atoms with van der Waals surface area (Å²) in [4.78, 5) is 9.60. The monoisotopic (exact) mass is 536 g/mol. The fraction of sp³-hybridized carbons (Fsp3) is 0.842. The van der Waals surface area contributed by atoms with Crippen molar-refractivity contribution >= 4 is 29.9 Å². The maximum atomic E-state index is 5.42. The zero-order valence-corrected chi connectivity index (χ0v) is 20.6. The Kier molecular flexibility index (Phi) is 11.9. The molecule has 1 aromatic rings. The minimum atomic E-state index is 0. The molecule has 11 heteroatoms. The average Bonchev–Trinajstić information content (AvgIpc) is 3.08. The molecule has 2 aliphatic heterocycles. The maximum absolute atomic E-state index is 5.42. The number of rotatable bonds is 9. The van der Waals surface area contributed by atoms with Crippen molar-refractivity contribution in [3.63, 3.8) is 0 Å². The largest absolute Gasteiger partial charge is 0.379 e. The van der Waals surface area contributed by atoms with Crippen molar-refractivity contribution in [3.8, 4) is 0 Å². The number of hydrogen-bond donors (Lipinski definition) is 2. The lowest BCUT2D eigenvalue weighted by Crippen LogP contribution is -2.45. The Morgan fingerprint density at radius 1 is 0.933 bits per heavy atom. The number of nitrogens with zero attached hydrogens (tertiary/aromatic N) is 6. The molecule has 3 heterocycles.